The number of hydrogen-bond acceptors (Lipinski definition) is 7. The number of halogens is 6. The van der Waals surface area contributed by atoms with E-state index in [0.29, 0.717) is 5.69 Å². The van der Waals surface area contributed by atoms with Crippen molar-refractivity contribution >= 4 is 43.3 Å². The molecule has 3 aromatic heterocycles. The summed E-state index contributed by atoms with van der Waals surface area (Å²) in [5.41, 5.74) is 1.06. The SMILES string of the molecule is CCc1c(C(F)(F)F)nn(-c2ccc(S(N)(=O)=O)nc2)c1-c1ccc(-c2cscn2)c(F)c1.O=C(O)c1ccc(Br)c(F)c1. The lowest BCUT2D eigenvalue weighted by atomic mass is 10.0. The first kappa shape index (κ1) is 32.8. The van der Waals surface area contributed by atoms with Crippen LogP contribution in [0.5, 0.6) is 0 Å². The number of carboxylic acid groups (broad SMARTS) is 1. The molecule has 2 aromatic carbocycles. The molecule has 17 heteroatoms. The maximum absolute atomic E-state index is 14.9. The number of rotatable bonds is 6. The Labute approximate surface area is 259 Å². The molecule has 0 radical (unpaired) electrons. The van der Waals surface area contributed by atoms with E-state index in [1.807, 2.05) is 0 Å². The summed E-state index contributed by atoms with van der Waals surface area (Å²) in [6.07, 6.45) is -3.77. The lowest BCUT2D eigenvalue weighted by Crippen LogP contribution is -2.14. The Morgan fingerprint density at radius 1 is 1.07 bits per heavy atom. The molecule has 0 amide bonds. The van der Waals surface area contributed by atoms with Gasteiger partial charge in [0.15, 0.2) is 10.7 Å². The molecule has 0 aliphatic heterocycles. The summed E-state index contributed by atoms with van der Waals surface area (Å²) in [6, 6.07) is 9.97. The molecule has 44 heavy (non-hydrogen) atoms. The molecule has 3 N–H and O–H groups in total. The molecule has 9 nitrogen and oxygen atoms in total. The number of thiazole rings is 1. The van der Waals surface area contributed by atoms with Crippen molar-refractivity contribution < 1.29 is 40.3 Å². The highest BCUT2D eigenvalue weighted by Crippen LogP contribution is 2.39. The monoisotopic (exact) mass is 715 g/mol. The lowest BCUT2D eigenvalue weighted by Gasteiger charge is -2.11. The Kier molecular flexibility index (Phi) is 9.62. The molecule has 0 unspecified atom stereocenters. The molecule has 230 valence electrons. The highest BCUT2D eigenvalue weighted by molar-refractivity contribution is 9.10. The molecule has 0 aliphatic rings. The third-order valence-corrected chi connectivity index (χ3v) is 8.03. The van der Waals surface area contributed by atoms with E-state index in [-0.39, 0.29) is 44.5 Å². The predicted octanol–water partition coefficient (Wildman–Crippen LogP) is 6.71. The average molecular weight is 717 g/mol. The van der Waals surface area contributed by atoms with Gasteiger partial charge in [-0.05, 0) is 64.8 Å². The smallest absolute Gasteiger partial charge is 0.435 e. The first-order valence-corrected chi connectivity index (χ1v) is 15.4. The number of alkyl halides is 3. The normalized spacial score (nSPS) is 11.6. The summed E-state index contributed by atoms with van der Waals surface area (Å²) >= 11 is 4.19. The third kappa shape index (κ3) is 7.18. The zero-order valence-electron chi connectivity index (χ0n) is 22.2. The maximum atomic E-state index is 14.9. The van der Waals surface area contributed by atoms with Gasteiger partial charge in [0.1, 0.15) is 11.6 Å². The number of nitrogens with zero attached hydrogens (tertiary/aromatic N) is 4. The first-order valence-electron chi connectivity index (χ1n) is 12.2. The van der Waals surface area contributed by atoms with E-state index in [2.05, 4.69) is 31.0 Å². The number of hydrogen-bond donors (Lipinski definition) is 2. The van der Waals surface area contributed by atoms with E-state index in [4.69, 9.17) is 10.2 Å². The lowest BCUT2D eigenvalue weighted by molar-refractivity contribution is -0.141. The number of benzene rings is 2. The van der Waals surface area contributed by atoms with Crippen molar-refractivity contribution in [2.45, 2.75) is 24.5 Å². The molecular weight excluding hydrogens is 697 g/mol. The number of carboxylic acids is 1. The third-order valence-electron chi connectivity index (χ3n) is 5.98. The number of aromatic nitrogens is 4. The molecule has 0 spiro atoms. The Hall–Kier alpha value is -4.06. The minimum atomic E-state index is -4.77. The van der Waals surface area contributed by atoms with Crippen molar-refractivity contribution in [1.29, 1.82) is 0 Å². The van der Waals surface area contributed by atoms with Crippen molar-refractivity contribution in [2.75, 3.05) is 0 Å². The van der Waals surface area contributed by atoms with E-state index in [1.165, 1.54) is 48.6 Å². The highest BCUT2D eigenvalue weighted by Gasteiger charge is 2.39. The fourth-order valence-electron chi connectivity index (χ4n) is 4.01. The quantitative estimate of drug-likeness (QED) is 0.186. The Bertz CT molecular complexity index is 1930. The average Bonchev–Trinajstić information content (AvgIpc) is 3.63. The van der Waals surface area contributed by atoms with Crippen LogP contribution < -0.4 is 5.14 Å². The van der Waals surface area contributed by atoms with Crippen LogP contribution in [0.25, 0.3) is 28.2 Å². The topological polar surface area (TPSA) is 141 Å². The van der Waals surface area contributed by atoms with Crippen molar-refractivity contribution in [1.82, 2.24) is 19.7 Å². The second-order valence-corrected chi connectivity index (χ2v) is 11.9. The number of primary sulfonamides is 1. The molecule has 0 atom stereocenters. The maximum Gasteiger partial charge on any atom is 0.435 e. The minimum Gasteiger partial charge on any atom is -0.478 e. The second kappa shape index (κ2) is 12.9. The number of aromatic carboxylic acids is 1. The fraction of sp³-hybridized carbons (Fsp3) is 0.111. The van der Waals surface area contributed by atoms with Gasteiger partial charge in [-0.2, -0.15) is 18.3 Å². The van der Waals surface area contributed by atoms with Crippen molar-refractivity contribution in [3.63, 3.8) is 0 Å². The number of carbonyl (C=O) groups is 1. The van der Waals surface area contributed by atoms with Gasteiger partial charge in [0.2, 0.25) is 0 Å². The minimum absolute atomic E-state index is 0.0127. The summed E-state index contributed by atoms with van der Waals surface area (Å²) in [5, 5.41) is 18.4. The summed E-state index contributed by atoms with van der Waals surface area (Å²) in [4.78, 5) is 18.1. The van der Waals surface area contributed by atoms with Crippen LogP contribution in [0.3, 0.4) is 0 Å². The van der Waals surface area contributed by atoms with Gasteiger partial charge in [0.25, 0.3) is 10.0 Å². The molecule has 0 saturated heterocycles. The number of sulfonamides is 1. The van der Waals surface area contributed by atoms with Gasteiger partial charge in [-0.25, -0.2) is 41.8 Å². The predicted molar refractivity (Wildman–Crippen MR) is 155 cm³/mol. The van der Waals surface area contributed by atoms with Crippen LogP contribution in [0, 0.1) is 11.6 Å². The van der Waals surface area contributed by atoms with Gasteiger partial charge in [-0.3, -0.25) is 0 Å². The van der Waals surface area contributed by atoms with Crippen molar-refractivity contribution in [2.24, 2.45) is 5.14 Å². The summed E-state index contributed by atoms with van der Waals surface area (Å²) in [6.45, 7) is 1.53. The van der Waals surface area contributed by atoms with Crippen LogP contribution in [0.15, 0.2) is 75.1 Å². The van der Waals surface area contributed by atoms with Crippen LogP contribution in [0.2, 0.25) is 0 Å². The summed E-state index contributed by atoms with van der Waals surface area (Å²) in [7, 11) is -4.10. The van der Waals surface area contributed by atoms with E-state index >= 15 is 0 Å². The molecule has 3 heterocycles. The molecule has 0 saturated carbocycles. The molecule has 0 fully saturated rings. The van der Waals surface area contributed by atoms with Gasteiger partial charge in [0.05, 0.1) is 38.8 Å². The van der Waals surface area contributed by atoms with Gasteiger partial charge >= 0.3 is 12.1 Å². The van der Waals surface area contributed by atoms with Gasteiger partial charge in [-0.15, -0.1) is 11.3 Å². The molecule has 5 aromatic rings. The van der Waals surface area contributed by atoms with Crippen molar-refractivity contribution in [3.05, 3.63) is 98.5 Å². The number of nitrogens with two attached hydrogens (primary N) is 1. The Balaban J connectivity index is 0.000000339. The van der Waals surface area contributed by atoms with Crippen molar-refractivity contribution in [3.8, 4) is 28.2 Å². The van der Waals surface area contributed by atoms with E-state index in [0.717, 1.165) is 29.1 Å². The first-order chi connectivity index (χ1) is 20.6. The van der Waals surface area contributed by atoms with Crippen LogP contribution >= 0.6 is 27.3 Å². The van der Waals surface area contributed by atoms with Gasteiger partial charge in [-0.1, -0.05) is 13.0 Å². The largest absolute Gasteiger partial charge is 0.478 e. The van der Waals surface area contributed by atoms with Gasteiger partial charge < -0.3 is 5.11 Å². The molecule has 5 rings (SSSR count). The number of pyridine rings is 1. The zero-order chi connectivity index (χ0) is 32.4. The second-order valence-electron chi connectivity index (χ2n) is 8.84. The fourth-order valence-corrected chi connectivity index (χ4v) is 5.26. The zero-order valence-corrected chi connectivity index (χ0v) is 25.4. The van der Waals surface area contributed by atoms with Crippen LogP contribution in [0.1, 0.15) is 28.5 Å². The van der Waals surface area contributed by atoms with Crippen LogP contribution in [-0.2, 0) is 22.6 Å². The van der Waals surface area contributed by atoms with Crippen LogP contribution in [-0.4, -0.2) is 39.2 Å². The van der Waals surface area contributed by atoms with Gasteiger partial charge in [0, 0.05) is 22.1 Å². The van der Waals surface area contributed by atoms with E-state index < -0.39 is 44.5 Å². The summed E-state index contributed by atoms with van der Waals surface area (Å²) < 4.78 is 92.9. The Morgan fingerprint density at radius 3 is 2.30 bits per heavy atom. The molecule has 0 bridgehead atoms. The molecular formula is C27H19BrF5N5O4S2. The highest BCUT2D eigenvalue weighted by atomic mass is 79.9. The standard InChI is InChI=1S/C20H15F4N5O2S2.C7H4BrFO2/c1-2-13-18(11-3-5-14(15(21)7-11)16-9-32-10-27-16)29(28-19(13)20(22,23)24)12-4-6-17(26-8-12)33(25,30)31;8-5-2-1-4(7(10)11)3-6(5)9/h3-10H,2H2,1H3,(H2,25,30,31);1-3H,(H,10,11). The Morgan fingerprint density at radius 2 is 1.80 bits per heavy atom. The van der Waals surface area contributed by atoms with E-state index in [9.17, 15) is 35.2 Å². The summed E-state index contributed by atoms with van der Waals surface area (Å²) in [5.74, 6) is -2.36. The molecule has 0 aliphatic carbocycles. The van der Waals surface area contributed by atoms with Crippen LogP contribution in [0.4, 0.5) is 22.0 Å². The van der Waals surface area contributed by atoms with E-state index in [1.54, 1.807) is 10.9 Å².